The van der Waals surface area contributed by atoms with Crippen LogP contribution in [0.2, 0.25) is 0 Å². The zero-order valence-corrected chi connectivity index (χ0v) is 16.4. The van der Waals surface area contributed by atoms with E-state index >= 15 is 0 Å². The average Bonchev–Trinajstić information content (AvgIpc) is 2.76. The molecule has 0 aliphatic heterocycles. The van der Waals surface area contributed by atoms with E-state index in [1.54, 1.807) is 30.3 Å². The molecule has 1 amide bonds. The number of carbonyl (C=O) groups is 1. The van der Waals surface area contributed by atoms with E-state index < -0.39 is 0 Å². The Morgan fingerprint density at radius 1 is 1.00 bits per heavy atom. The van der Waals surface area contributed by atoms with Gasteiger partial charge in [-0.3, -0.25) is 4.79 Å². The van der Waals surface area contributed by atoms with Crippen molar-refractivity contribution in [2.45, 2.75) is 13.8 Å². The van der Waals surface area contributed by atoms with Crippen molar-refractivity contribution < 1.29 is 4.79 Å². The highest BCUT2D eigenvalue weighted by molar-refractivity contribution is 6.03. The first-order valence-electron chi connectivity index (χ1n) is 9.39. The molecule has 146 valence electrons. The maximum atomic E-state index is 12.5. The summed E-state index contributed by atoms with van der Waals surface area (Å²) in [5.41, 5.74) is 3.35. The Kier molecular flexibility index (Phi) is 6.38. The fourth-order valence-electron chi connectivity index (χ4n) is 2.84. The lowest BCUT2D eigenvalue weighted by Crippen LogP contribution is -2.21. The largest absolute Gasteiger partial charge is 0.372 e. The number of benzene rings is 2. The molecule has 7 heteroatoms. The molecule has 2 N–H and O–H groups in total. The SMILES string of the molecule is CCN(CC)c1ccc(Nc2nccc(C(=O)Nc3ccc(C#N)cc3)n2)cc1. The second-order valence-corrected chi connectivity index (χ2v) is 6.25. The third-order valence-corrected chi connectivity index (χ3v) is 4.41. The fourth-order valence-corrected chi connectivity index (χ4v) is 2.84. The van der Waals surface area contributed by atoms with E-state index in [-0.39, 0.29) is 11.6 Å². The first kappa shape index (κ1) is 19.8. The molecule has 1 aromatic heterocycles. The first-order chi connectivity index (χ1) is 14.1. The summed E-state index contributed by atoms with van der Waals surface area (Å²) in [7, 11) is 0. The molecular formula is C22H22N6O. The maximum absolute atomic E-state index is 12.5. The van der Waals surface area contributed by atoms with Crippen LogP contribution in [0.25, 0.3) is 0 Å². The lowest BCUT2D eigenvalue weighted by Gasteiger charge is -2.21. The van der Waals surface area contributed by atoms with Gasteiger partial charge in [0.1, 0.15) is 5.69 Å². The molecule has 0 bridgehead atoms. The molecule has 0 aliphatic carbocycles. The molecule has 0 spiro atoms. The van der Waals surface area contributed by atoms with E-state index in [0.29, 0.717) is 17.2 Å². The van der Waals surface area contributed by atoms with Gasteiger partial charge in [0.2, 0.25) is 5.95 Å². The summed E-state index contributed by atoms with van der Waals surface area (Å²) < 4.78 is 0. The minimum absolute atomic E-state index is 0.242. The number of nitrogens with one attached hydrogen (secondary N) is 2. The zero-order valence-electron chi connectivity index (χ0n) is 16.4. The Morgan fingerprint density at radius 3 is 2.28 bits per heavy atom. The highest BCUT2D eigenvalue weighted by Gasteiger charge is 2.10. The third-order valence-electron chi connectivity index (χ3n) is 4.41. The predicted molar refractivity (Wildman–Crippen MR) is 114 cm³/mol. The summed E-state index contributed by atoms with van der Waals surface area (Å²) in [6.45, 7) is 6.14. The normalized spacial score (nSPS) is 10.1. The molecule has 7 nitrogen and oxygen atoms in total. The molecule has 0 radical (unpaired) electrons. The van der Waals surface area contributed by atoms with E-state index in [1.165, 1.54) is 6.20 Å². The van der Waals surface area contributed by atoms with Crippen LogP contribution in [0.3, 0.4) is 0 Å². The molecule has 0 saturated heterocycles. The van der Waals surface area contributed by atoms with Gasteiger partial charge in [0.05, 0.1) is 11.6 Å². The molecule has 0 fully saturated rings. The minimum atomic E-state index is -0.350. The second kappa shape index (κ2) is 9.33. The van der Waals surface area contributed by atoms with Crippen LogP contribution in [0, 0.1) is 11.3 Å². The van der Waals surface area contributed by atoms with E-state index in [4.69, 9.17) is 5.26 Å². The molecule has 0 saturated carbocycles. The van der Waals surface area contributed by atoms with E-state index in [1.807, 2.05) is 30.3 Å². The van der Waals surface area contributed by atoms with Gasteiger partial charge in [0.15, 0.2) is 0 Å². The Hall–Kier alpha value is -3.92. The van der Waals surface area contributed by atoms with Crippen LogP contribution >= 0.6 is 0 Å². The number of carbonyl (C=O) groups excluding carboxylic acids is 1. The van der Waals surface area contributed by atoms with Crippen LogP contribution < -0.4 is 15.5 Å². The number of aromatic nitrogens is 2. The van der Waals surface area contributed by atoms with Crippen molar-refractivity contribution >= 4 is 28.9 Å². The van der Waals surface area contributed by atoms with Gasteiger partial charge in [-0.25, -0.2) is 9.97 Å². The number of hydrogen-bond acceptors (Lipinski definition) is 6. The van der Waals surface area contributed by atoms with Crippen LogP contribution in [0.1, 0.15) is 29.9 Å². The Balaban J connectivity index is 1.68. The molecular weight excluding hydrogens is 364 g/mol. The summed E-state index contributed by atoms with van der Waals surface area (Å²) in [6, 6.07) is 18.2. The van der Waals surface area contributed by atoms with Crippen LogP contribution in [0.5, 0.6) is 0 Å². The molecule has 29 heavy (non-hydrogen) atoms. The number of nitriles is 1. The third kappa shape index (κ3) is 5.08. The minimum Gasteiger partial charge on any atom is -0.372 e. The van der Waals surface area contributed by atoms with Gasteiger partial charge >= 0.3 is 0 Å². The number of anilines is 4. The summed E-state index contributed by atoms with van der Waals surface area (Å²) in [4.78, 5) is 23.2. The standard InChI is InChI=1S/C22H22N6O/c1-3-28(4-2)19-11-9-18(10-12-19)26-22-24-14-13-20(27-22)21(29)25-17-7-5-16(15-23)6-8-17/h5-14H,3-4H2,1-2H3,(H,25,29)(H,24,26,27). The molecule has 0 atom stereocenters. The van der Waals surface area contributed by atoms with Gasteiger partial charge in [-0.2, -0.15) is 5.26 Å². The van der Waals surface area contributed by atoms with Gasteiger partial charge in [-0.05, 0) is 68.4 Å². The summed E-state index contributed by atoms with van der Waals surface area (Å²) >= 11 is 0. The monoisotopic (exact) mass is 386 g/mol. The van der Waals surface area contributed by atoms with Crippen molar-refractivity contribution in [3.63, 3.8) is 0 Å². The number of hydrogen-bond donors (Lipinski definition) is 2. The van der Waals surface area contributed by atoms with Gasteiger partial charge in [0.25, 0.3) is 5.91 Å². The van der Waals surface area contributed by atoms with E-state index in [9.17, 15) is 4.79 Å². The lowest BCUT2D eigenvalue weighted by molar-refractivity contribution is 0.102. The quantitative estimate of drug-likeness (QED) is 0.632. The second-order valence-electron chi connectivity index (χ2n) is 6.25. The first-order valence-corrected chi connectivity index (χ1v) is 9.39. The van der Waals surface area contributed by atoms with Crippen LogP contribution in [-0.4, -0.2) is 29.0 Å². The smallest absolute Gasteiger partial charge is 0.274 e. The molecule has 2 aromatic carbocycles. The van der Waals surface area contributed by atoms with Gasteiger partial charge < -0.3 is 15.5 Å². The molecule has 1 heterocycles. The fraction of sp³-hybridized carbons (Fsp3) is 0.182. The van der Waals surface area contributed by atoms with Crippen molar-refractivity contribution in [1.29, 1.82) is 5.26 Å². The summed E-state index contributed by atoms with van der Waals surface area (Å²) in [6.07, 6.45) is 1.54. The highest BCUT2D eigenvalue weighted by Crippen LogP contribution is 2.20. The Morgan fingerprint density at radius 2 is 1.66 bits per heavy atom. The van der Waals surface area contributed by atoms with Crippen molar-refractivity contribution in [1.82, 2.24) is 9.97 Å². The van der Waals surface area contributed by atoms with Crippen LogP contribution in [0.15, 0.2) is 60.8 Å². The van der Waals surface area contributed by atoms with Gasteiger partial charge in [0, 0.05) is 36.3 Å². The van der Waals surface area contributed by atoms with Crippen molar-refractivity contribution in [3.8, 4) is 6.07 Å². The predicted octanol–water partition coefficient (Wildman–Crippen LogP) is 4.19. The van der Waals surface area contributed by atoms with Crippen molar-refractivity contribution in [2.75, 3.05) is 28.6 Å². The molecule has 0 unspecified atom stereocenters. The Bertz CT molecular complexity index is 1000. The maximum Gasteiger partial charge on any atom is 0.274 e. The summed E-state index contributed by atoms with van der Waals surface area (Å²) in [5, 5.41) is 14.7. The van der Waals surface area contributed by atoms with Gasteiger partial charge in [-0.15, -0.1) is 0 Å². The molecule has 3 rings (SSSR count). The van der Waals surface area contributed by atoms with Gasteiger partial charge in [-0.1, -0.05) is 0 Å². The Labute approximate surface area is 170 Å². The zero-order chi connectivity index (χ0) is 20.6. The lowest BCUT2D eigenvalue weighted by atomic mass is 10.2. The molecule has 3 aromatic rings. The molecule has 0 aliphatic rings. The summed E-state index contributed by atoms with van der Waals surface area (Å²) in [5.74, 6) is -0.00916. The van der Waals surface area contributed by atoms with Crippen molar-refractivity contribution in [3.05, 3.63) is 72.1 Å². The van der Waals surface area contributed by atoms with Crippen molar-refractivity contribution in [2.24, 2.45) is 0 Å². The number of rotatable bonds is 7. The number of nitrogens with zero attached hydrogens (tertiary/aromatic N) is 4. The van der Waals surface area contributed by atoms with Crippen LogP contribution in [-0.2, 0) is 0 Å². The highest BCUT2D eigenvalue weighted by atomic mass is 16.1. The van der Waals surface area contributed by atoms with E-state index in [2.05, 4.69) is 39.3 Å². The number of amides is 1. The topological polar surface area (TPSA) is 93.9 Å². The average molecular weight is 386 g/mol. The van der Waals surface area contributed by atoms with Crippen LogP contribution in [0.4, 0.5) is 23.0 Å². The van der Waals surface area contributed by atoms with E-state index in [0.717, 1.165) is 24.5 Å².